The summed E-state index contributed by atoms with van der Waals surface area (Å²) in [5.74, 6) is 0.661. The lowest BCUT2D eigenvalue weighted by atomic mass is 10.2. The summed E-state index contributed by atoms with van der Waals surface area (Å²) < 4.78 is 5.60. The van der Waals surface area contributed by atoms with Crippen molar-refractivity contribution in [1.82, 2.24) is 4.98 Å². The van der Waals surface area contributed by atoms with Crippen molar-refractivity contribution in [3.05, 3.63) is 23.0 Å². The number of halogens is 1. The van der Waals surface area contributed by atoms with Gasteiger partial charge in [-0.15, -0.1) is 0 Å². The second kappa shape index (κ2) is 3.52. The number of aromatic nitrogens is 1. The van der Waals surface area contributed by atoms with Crippen molar-refractivity contribution < 1.29 is 4.74 Å². The molecule has 70 valence electrons. The standard InChI is InChI=1S/C9H11ClN2O/c10-9-8(13-7-1-2-7)6(5-11)3-4-12-9/h3-4,7H,1-2,5,11H2. The molecule has 1 aromatic heterocycles. The van der Waals surface area contributed by atoms with Gasteiger partial charge in [0, 0.05) is 18.3 Å². The van der Waals surface area contributed by atoms with Gasteiger partial charge in [-0.1, -0.05) is 11.6 Å². The molecule has 1 saturated carbocycles. The van der Waals surface area contributed by atoms with Crippen molar-refractivity contribution >= 4 is 11.6 Å². The van der Waals surface area contributed by atoms with Crippen LogP contribution in [0.4, 0.5) is 0 Å². The molecule has 1 aromatic rings. The minimum atomic E-state index is 0.326. The molecule has 1 fully saturated rings. The van der Waals surface area contributed by atoms with Gasteiger partial charge < -0.3 is 10.5 Å². The largest absolute Gasteiger partial charge is 0.487 e. The molecule has 0 amide bonds. The third-order valence-corrected chi connectivity index (χ3v) is 2.24. The van der Waals surface area contributed by atoms with Crippen LogP contribution in [0.2, 0.25) is 5.15 Å². The van der Waals surface area contributed by atoms with Gasteiger partial charge in [0.05, 0.1) is 6.10 Å². The van der Waals surface area contributed by atoms with Crippen LogP contribution in [-0.2, 0) is 6.54 Å². The topological polar surface area (TPSA) is 48.1 Å². The Labute approximate surface area is 81.9 Å². The molecular formula is C9H11ClN2O. The van der Waals surface area contributed by atoms with Crippen LogP contribution in [0, 0.1) is 0 Å². The Bertz CT molecular complexity index is 312. The molecule has 1 aliphatic rings. The highest BCUT2D eigenvalue weighted by Crippen LogP contribution is 2.33. The van der Waals surface area contributed by atoms with Crippen LogP contribution in [0.3, 0.4) is 0 Å². The van der Waals surface area contributed by atoms with E-state index >= 15 is 0 Å². The molecule has 0 saturated heterocycles. The number of nitrogens with zero attached hydrogens (tertiary/aromatic N) is 1. The van der Waals surface area contributed by atoms with Crippen LogP contribution in [0.5, 0.6) is 5.75 Å². The van der Waals surface area contributed by atoms with Crippen LogP contribution in [-0.4, -0.2) is 11.1 Å². The van der Waals surface area contributed by atoms with Crippen LogP contribution in [0.1, 0.15) is 18.4 Å². The molecule has 0 radical (unpaired) electrons. The van der Waals surface area contributed by atoms with Gasteiger partial charge in [-0.05, 0) is 18.9 Å². The number of hydrogen-bond acceptors (Lipinski definition) is 3. The van der Waals surface area contributed by atoms with Gasteiger partial charge in [0.2, 0.25) is 0 Å². The molecule has 1 aliphatic carbocycles. The summed E-state index contributed by atoms with van der Waals surface area (Å²) in [6, 6.07) is 1.84. The maximum Gasteiger partial charge on any atom is 0.171 e. The zero-order valence-corrected chi connectivity index (χ0v) is 7.92. The Morgan fingerprint density at radius 3 is 3.00 bits per heavy atom. The Kier molecular flexibility index (Phi) is 2.38. The minimum Gasteiger partial charge on any atom is -0.487 e. The highest BCUT2D eigenvalue weighted by atomic mass is 35.5. The average molecular weight is 199 g/mol. The molecule has 1 heterocycles. The van der Waals surface area contributed by atoms with Crippen LogP contribution < -0.4 is 10.5 Å². The second-order valence-corrected chi connectivity index (χ2v) is 3.47. The number of nitrogens with two attached hydrogens (primary N) is 1. The highest BCUT2D eigenvalue weighted by Gasteiger charge is 2.25. The van der Waals surface area contributed by atoms with E-state index in [0.29, 0.717) is 23.6 Å². The third-order valence-electron chi connectivity index (χ3n) is 1.97. The molecule has 0 aromatic carbocycles. The SMILES string of the molecule is NCc1ccnc(Cl)c1OC1CC1. The van der Waals surface area contributed by atoms with E-state index in [0.717, 1.165) is 18.4 Å². The Hall–Kier alpha value is -0.800. The maximum absolute atomic E-state index is 5.89. The lowest BCUT2D eigenvalue weighted by Gasteiger charge is -2.09. The smallest absolute Gasteiger partial charge is 0.171 e. The molecular weight excluding hydrogens is 188 g/mol. The predicted octanol–water partition coefficient (Wildman–Crippen LogP) is 1.73. The van der Waals surface area contributed by atoms with Crippen molar-refractivity contribution in [3.63, 3.8) is 0 Å². The molecule has 0 aliphatic heterocycles. The summed E-state index contributed by atoms with van der Waals surface area (Å²) in [6.07, 6.45) is 4.18. The van der Waals surface area contributed by atoms with Gasteiger partial charge in [0.1, 0.15) is 0 Å². The number of hydrogen-bond donors (Lipinski definition) is 1. The van der Waals surface area contributed by atoms with E-state index in [9.17, 15) is 0 Å². The zero-order chi connectivity index (χ0) is 9.26. The molecule has 0 bridgehead atoms. The van der Waals surface area contributed by atoms with Gasteiger partial charge in [-0.2, -0.15) is 0 Å². The summed E-state index contributed by atoms with van der Waals surface area (Å²) in [4.78, 5) is 3.95. The van der Waals surface area contributed by atoms with E-state index in [2.05, 4.69) is 4.98 Å². The molecule has 13 heavy (non-hydrogen) atoms. The minimum absolute atomic E-state index is 0.326. The normalized spacial score (nSPS) is 15.8. The summed E-state index contributed by atoms with van der Waals surface area (Å²) >= 11 is 5.89. The van der Waals surface area contributed by atoms with Crippen LogP contribution in [0.25, 0.3) is 0 Å². The fourth-order valence-electron chi connectivity index (χ4n) is 1.10. The highest BCUT2D eigenvalue weighted by molar-refractivity contribution is 6.30. The van der Waals surface area contributed by atoms with Gasteiger partial charge >= 0.3 is 0 Å². The lowest BCUT2D eigenvalue weighted by Crippen LogP contribution is -2.05. The average Bonchev–Trinajstić information content (AvgIpc) is 2.92. The molecule has 0 spiro atoms. The van der Waals surface area contributed by atoms with Crippen molar-refractivity contribution in [2.75, 3.05) is 0 Å². The first-order valence-electron chi connectivity index (χ1n) is 4.31. The monoisotopic (exact) mass is 198 g/mol. The number of pyridine rings is 1. The van der Waals surface area contributed by atoms with Crippen molar-refractivity contribution in [2.45, 2.75) is 25.5 Å². The molecule has 2 N–H and O–H groups in total. The summed E-state index contributed by atoms with van der Waals surface area (Å²) in [5, 5.41) is 0.412. The number of ether oxygens (including phenoxy) is 1. The van der Waals surface area contributed by atoms with E-state index in [-0.39, 0.29) is 0 Å². The quantitative estimate of drug-likeness (QED) is 0.753. The Morgan fingerprint density at radius 2 is 2.38 bits per heavy atom. The van der Waals surface area contributed by atoms with E-state index in [1.54, 1.807) is 6.20 Å². The zero-order valence-electron chi connectivity index (χ0n) is 7.16. The summed E-state index contributed by atoms with van der Waals surface area (Å²) in [7, 11) is 0. The maximum atomic E-state index is 5.89. The first kappa shape index (κ1) is 8.78. The first-order chi connectivity index (χ1) is 6.31. The van der Waals surface area contributed by atoms with E-state index in [1.165, 1.54) is 0 Å². The van der Waals surface area contributed by atoms with Crippen molar-refractivity contribution in [2.24, 2.45) is 5.73 Å². The van der Waals surface area contributed by atoms with Crippen molar-refractivity contribution in [1.29, 1.82) is 0 Å². The Morgan fingerprint density at radius 1 is 1.62 bits per heavy atom. The first-order valence-corrected chi connectivity index (χ1v) is 4.69. The second-order valence-electron chi connectivity index (χ2n) is 3.11. The number of rotatable bonds is 3. The van der Waals surface area contributed by atoms with E-state index in [4.69, 9.17) is 22.1 Å². The molecule has 3 nitrogen and oxygen atoms in total. The molecule has 0 atom stereocenters. The van der Waals surface area contributed by atoms with Gasteiger partial charge in [0.25, 0.3) is 0 Å². The lowest BCUT2D eigenvalue weighted by molar-refractivity contribution is 0.299. The van der Waals surface area contributed by atoms with Crippen LogP contribution >= 0.6 is 11.6 Å². The fourth-order valence-corrected chi connectivity index (χ4v) is 1.32. The summed E-state index contributed by atoms with van der Waals surface area (Å²) in [5.41, 5.74) is 6.47. The predicted molar refractivity (Wildman–Crippen MR) is 50.8 cm³/mol. The van der Waals surface area contributed by atoms with Gasteiger partial charge in [-0.3, -0.25) is 0 Å². The van der Waals surface area contributed by atoms with E-state index in [1.807, 2.05) is 6.07 Å². The van der Waals surface area contributed by atoms with Crippen LogP contribution in [0.15, 0.2) is 12.3 Å². The summed E-state index contributed by atoms with van der Waals surface area (Å²) in [6.45, 7) is 0.435. The molecule has 4 heteroatoms. The van der Waals surface area contributed by atoms with Gasteiger partial charge in [0.15, 0.2) is 10.9 Å². The third kappa shape index (κ3) is 1.92. The van der Waals surface area contributed by atoms with Crippen molar-refractivity contribution in [3.8, 4) is 5.75 Å². The fraction of sp³-hybridized carbons (Fsp3) is 0.444. The Balaban J connectivity index is 2.27. The molecule has 0 unspecified atom stereocenters. The van der Waals surface area contributed by atoms with Gasteiger partial charge in [-0.25, -0.2) is 4.98 Å². The molecule has 2 rings (SSSR count). The van der Waals surface area contributed by atoms with E-state index < -0.39 is 0 Å².